The second-order valence-electron chi connectivity index (χ2n) is 5.24. The molecule has 0 saturated carbocycles. The van der Waals surface area contributed by atoms with Gasteiger partial charge in [-0.2, -0.15) is 17.0 Å². The van der Waals surface area contributed by atoms with Gasteiger partial charge in [0.2, 0.25) is 0 Å². The highest BCUT2D eigenvalue weighted by molar-refractivity contribution is 7.86. The Morgan fingerprint density at radius 3 is 2.00 bits per heavy atom. The van der Waals surface area contributed by atoms with Crippen molar-refractivity contribution in [3.8, 4) is 0 Å². The maximum Gasteiger partial charge on any atom is 0.282 e. The third kappa shape index (κ3) is 3.21. The van der Waals surface area contributed by atoms with Gasteiger partial charge in [-0.1, -0.05) is 18.2 Å². The molecule has 7 heteroatoms. The summed E-state index contributed by atoms with van der Waals surface area (Å²) >= 11 is 0. The van der Waals surface area contributed by atoms with Gasteiger partial charge in [0.1, 0.15) is 0 Å². The first kappa shape index (κ1) is 14.8. The van der Waals surface area contributed by atoms with Gasteiger partial charge in [0.15, 0.2) is 0 Å². The lowest BCUT2D eigenvalue weighted by Gasteiger charge is -2.38. The molecule has 6 nitrogen and oxygen atoms in total. The lowest BCUT2D eigenvalue weighted by Crippen LogP contribution is -2.55. The first-order valence-corrected chi connectivity index (χ1v) is 8.70. The summed E-state index contributed by atoms with van der Waals surface area (Å²) in [4.78, 5) is 2.23. The Labute approximate surface area is 126 Å². The first-order valence-electron chi connectivity index (χ1n) is 7.31. The quantitative estimate of drug-likeness (QED) is 0.810. The summed E-state index contributed by atoms with van der Waals surface area (Å²) in [6.07, 6.45) is 0. The van der Waals surface area contributed by atoms with E-state index in [2.05, 4.69) is 17.0 Å². The molecule has 2 fully saturated rings. The summed E-state index contributed by atoms with van der Waals surface area (Å²) in [5.41, 5.74) is 1.15. The predicted octanol–water partition coefficient (Wildman–Crippen LogP) is 0.386. The molecule has 0 radical (unpaired) electrons. The van der Waals surface area contributed by atoms with Crippen molar-refractivity contribution in [2.24, 2.45) is 0 Å². The predicted molar refractivity (Wildman–Crippen MR) is 81.5 cm³/mol. The number of morpholine rings is 1. The van der Waals surface area contributed by atoms with Crippen molar-refractivity contribution in [1.82, 2.24) is 8.61 Å². The highest BCUT2D eigenvalue weighted by atomic mass is 32.2. The summed E-state index contributed by atoms with van der Waals surface area (Å²) in [7, 11) is -3.33. The molecule has 2 aliphatic heterocycles. The van der Waals surface area contributed by atoms with Crippen LogP contribution in [0.4, 0.5) is 5.69 Å². The van der Waals surface area contributed by atoms with Gasteiger partial charge in [0.25, 0.3) is 10.2 Å². The summed E-state index contributed by atoms with van der Waals surface area (Å²) in [5, 5.41) is 0. The van der Waals surface area contributed by atoms with Crippen LogP contribution < -0.4 is 4.90 Å². The average molecular weight is 311 g/mol. The van der Waals surface area contributed by atoms with Crippen molar-refractivity contribution in [3.05, 3.63) is 30.3 Å². The maximum atomic E-state index is 12.6. The Bertz CT molecular complexity index is 550. The maximum absolute atomic E-state index is 12.6. The van der Waals surface area contributed by atoms with Gasteiger partial charge in [-0.3, -0.25) is 0 Å². The van der Waals surface area contributed by atoms with Gasteiger partial charge in [-0.05, 0) is 12.1 Å². The molecule has 0 atom stereocenters. The molecule has 2 saturated heterocycles. The van der Waals surface area contributed by atoms with E-state index in [9.17, 15) is 8.42 Å². The van der Waals surface area contributed by atoms with Crippen molar-refractivity contribution in [2.75, 3.05) is 57.4 Å². The molecular weight excluding hydrogens is 290 g/mol. The Morgan fingerprint density at radius 1 is 0.810 bits per heavy atom. The highest BCUT2D eigenvalue weighted by Gasteiger charge is 2.33. The Balaban J connectivity index is 1.62. The van der Waals surface area contributed by atoms with Gasteiger partial charge >= 0.3 is 0 Å². The smallest absolute Gasteiger partial charge is 0.282 e. The fourth-order valence-corrected chi connectivity index (χ4v) is 4.32. The molecule has 2 aliphatic rings. The zero-order valence-electron chi connectivity index (χ0n) is 12.0. The largest absolute Gasteiger partial charge is 0.379 e. The average Bonchev–Trinajstić information content (AvgIpc) is 2.57. The molecule has 1 aromatic carbocycles. The molecule has 0 aromatic heterocycles. The van der Waals surface area contributed by atoms with Crippen LogP contribution in [0.1, 0.15) is 0 Å². The minimum absolute atomic E-state index is 0.460. The van der Waals surface area contributed by atoms with Crippen LogP contribution in [0.2, 0.25) is 0 Å². The number of hydrogen-bond acceptors (Lipinski definition) is 4. The molecule has 21 heavy (non-hydrogen) atoms. The minimum Gasteiger partial charge on any atom is -0.379 e. The summed E-state index contributed by atoms with van der Waals surface area (Å²) in [6.45, 7) is 4.43. The fraction of sp³-hybridized carbons (Fsp3) is 0.571. The van der Waals surface area contributed by atoms with E-state index in [1.54, 1.807) is 4.31 Å². The van der Waals surface area contributed by atoms with Crippen molar-refractivity contribution in [3.63, 3.8) is 0 Å². The van der Waals surface area contributed by atoms with Crippen LogP contribution in [0.5, 0.6) is 0 Å². The van der Waals surface area contributed by atoms with E-state index in [0.717, 1.165) is 18.8 Å². The Morgan fingerprint density at radius 2 is 1.38 bits per heavy atom. The zero-order chi connectivity index (χ0) is 14.7. The van der Waals surface area contributed by atoms with Crippen LogP contribution in [0, 0.1) is 0 Å². The third-order valence-electron chi connectivity index (χ3n) is 3.98. The van der Waals surface area contributed by atoms with Crippen LogP contribution in [-0.2, 0) is 14.9 Å². The van der Waals surface area contributed by atoms with Crippen LogP contribution in [-0.4, -0.2) is 69.5 Å². The van der Waals surface area contributed by atoms with Crippen LogP contribution in [0.25, 0.3) is 0 Å². The molecule has 0 spiro atoms. The lowest BCUT2D eigenvalue weighted by atomic mass is 10.2. The van der Waals surface area contributed by atoms with Crippen LogP contribution in [0.3, 0.4) is 0 Å². The number of benzene rings is 1. The van der Waals surface area contributed by atoms with Crippen molar-refractivity contribution in [2.45, 2.75) is 0 Å². The van der Waals surface area contributed by atoms with E-state index in [1.165, 1.54) is 4.31 Å². The van der Waals surface area contributed by atoms with Crippen molar-refractivity contribution in [1.29, 1.82) is 0 Å². The van der Waals surface area contributed by atoms with E-state index in [-0.39, 0.29) is 0 Å². The van der Waals surface area contributed by atoms with E-state index in [4.69, 9.17) is 4.74 Å². The summed E-state index contributed by atoms with van der Waals surface area (Å²) < 4.78 is 33.5. The molecule has 0 amide bonds. The van der Waals surface area contributed by atoms with Crippen LogP contribution >= 0.6 is 0 Å². The number of piperazine rings is 1. The third-order valence-corrected chi connectivity index (χ3v) is 6.02. The number of para-hydroxylation sites is 1. The van der Waals surface area contributed by atoms with Crippen LogP contribution in [0.15, 0.2) is 30.3 Å². The van der Waals surface area contributed by atoms with Gasteiger partial charge in [-0.25, -0.2) is 0 Å². The topological polar surface area (TPSA) is 53.1 Å². The number of anilines is 1. The van der Waals surface area contributed by atoms with Gasteiger partial charge < -0.3 is 9.64 Å². The van der Waals surface area contributed by atoms with Gasteiger partial charge in [0.05, 0.1) is 13.2 Å². The van der Waals surface area contributed by atoms with Crippen molar-refractivity contribution >= 4 is 15.9 Å². The van der Waals surface area contributed by atoms with E-state index < -0.39 is 10.2 Å². The van der Waals surface area contributed by atoms with E-state index in [0.29, 0.717) is 39.4 Å². The number of nitrogens with zero attached hydrogens (tertiary/aromatic N) is 3. The number of ether oxygens (including phenoxy) is 1. The molecule has 0 bridgehead atoms. The SMILES string of the molecule is O=S(=O)(N1CCOCC1)N1CCN(c2ccccc2)CC1. The molecule has 2 heterocycles. The molecule has 1 aromatic rings. The van der Waals surface area contributed by atoms with E-state index >= 15 is 0 Å². The second kappa shape index (κ2) is 6.31. The summed E-state index contributed by atoms with van der Waals surface area (Å²) in [6, 6.07) is 10.1. The monoisotopic (exact) mass is 311 g/mol. The minimum atomic E-state index is -3.33. The van der Waals surface area contributed by atoms with Gasteiger partial charge in [0, 0.05) is 45.0 Å². The molecule has 0 unspecified atom stereocenters. The molecule has 3 rings (SSSR count). The molecule has 0 aliphatic carbocycles. The first-order chi connectivity index (χ1) is 10.2. The zero-order valence-corrected chi connectivity index (χ0v) is 12.8. The second-order valence-corrected chi connectivity index (χ2v) is 7.17. The van der Waals surface area contributed by atoms with Crippen molar-refractivity contribution < 1.29 is 13.2 Å². The fourth-order valence-electron chi connectivity index (χ4n) is 2.76. The summed E-state index contributed by atoms with van der Waals surface area (Å²) in [5.74, 6) is 0. The number of rotatable bonds is 3. The standard InChI is InChI=1S/C14H21N3O3S/c18-21(19,17-10-12-20-13-11-17)16-8-6-15(7-9-16)14-4-2-1-3-5-14/h1-5H,6-13H2. The molecular formula is C14H21N3O3S. The Kier molecular flexibility index (Phi) is 4.44. The normalized spacial score (nSPS) is 22.4. The molecule has 116 valence electrons. The highest BCUT2D eigenvalue weighted by Crippen LogP contribution is 2.18. The Hall–Kier alpha value is -1.15. The van der Waals surface area contributed by atoms with E-state index in [1.807, 2.05) is 18.2 Å². The lowest BCUT2D eigenvalue weighted by molar-refractivity contribution is 0.0700. The number of hydrogen-bond donors (Lipinski definition) is 0. The van der Waals surface area contributed by atoms with Gasteiger partial charge in [-0.15, -0.1) is 0 Å². The molecule has 0 N–H and O–H groups in total.